The molecule has 0 atom stereocenters. The first-order valence-corrected chi connectivity index (χ1v) is 10.9. The molecule has 6 nitrogen and oxygen atoms in total. The Morgan fingerprint density at radius 2 is 2.00 bits per heavy atom. The molecule has 3 rings (SSSR count). The number of anilines is 1. The third kappa shape index (κ3) is 5.46. The molecule has 2 aromatic heterocycles. The highest BCUT2D eigenvalue weighted by molar-refractivity contribution is 8.00. The third-order valence-corrected chi connectivity index (χ3v) is 6.02. The Kier molecular flexibility index (Phi) is 7.17. The van der Waals surface area contributed by atoms with Crippen molar-refractivity contribution in [3.8, 4) is 16.6 Å². The van der Waals surface area contributed by atoms with E-state index < -0.39 is 23.2 Å². The summed E-state index contributed by atoms with van der Waals surface area (Å²) in [4.78, 5) is 28.8. The number of hydrogen-bond acceptors (Lipinski definition) is 6. The van der Waals surface area contributed by atoms with Crippen LogP contribution in [-0.4, -0.2) is 29.6 Å². The first-order valence-electron chi connectivity index (χ1n) is 9.04. The molecule has 0 unspecified atom stereocenters. The lowest BCUT2D eigenvalue weighted by Gasteiger charge is -2.13. The highest BCUT2D eigenvalue weighted by atomic mass is 32.2. The summed E-state index contributed by atoms with van der Waals surface area (Å²) in [5.74, 6) is -1.13. The van der Waals surface area contributed by atoms with E-state index in [1.807, 2.05) is 0 Å². The number of aromatic nitrogens is 1. The number of pyridine rings is 1. The van der Waals surface area contributed by atoms with Gasteiger partial charge in [-0.25, -0.2) is 4.98 Å². The first-order chi connectivity index (χ1) is 15.2. The third-order valence-electron chi connectivity index (χ3n) is 4.15. The van der Waals surface area contributed by atoms with E-state index in [2.05, 4.69) is 15.6 Å². The topological polar surface area (TPSA) is 94.9 Å². The molecule has 2 N–H and O–H groups in total. The highest BCUT2D eigenvalue weighted by Crippen LogP contribution is 2.38. The molecule has 164 valence electrons. The van der Waals surface area contributed by atoms with E-state index in [0.29, 0.717) is 16.1 Å². The van der Waals surface area contributed by atoms with Crippen LogP contribution in [0.15, 0.2) is 52.9 Å². The molecule has 2 amide bonds. The maximum absolute atomic E-state index is 13.6. The second kappa shape index (κ2) is 9.84. The van der Waals surface area contributed by atoms with Crippen LogP contribution >= 0.6 is 23.1 Å². The zero-order valence-electron chi connectivity index (χ0n) is 16.5. The van der Waals surface area contributed by atoms with Crippen LogP contribution in [0.2, 0.25) is 0 Å². The SMILES string of the molecule is CNC(=O)c1cccc(NC(=O)CSc2nc(-c3cccs3)cc(C(F)(F)F)c2C#N)c1. The van der Waals surface area contributed by atoms with Gasteiger partial charge in [-0.2, -0.15) is 18.4 Å². The summed E-state index contributed by atoms with van der Waals surface area (Å²) in [5.41, 5.74) is -0.956. The van der Waals surface area contributed by atoms with Crippen molar-refractivity contribution in [1.29, 1.82) is 5.26 Å². The van der Waals surface area contributed by atoms with Gasteiger partial charge >= 0.3 is 6.18 Å². The minimum Gasteiger partial charge on any atom is -0.355 e. The zero-order chi connectivity index (χ0) is 23.3. The number of thioether (sulfide) groups is 1. The number of alkyl halides is 3. The van der Waals surface area contributed by atoms with Crippen molar-refractivity contribution in [2.24, 2.45) is 0 Å². The largest absolute Gasteiger partial charge is 0.417 e. The first kappa shape index (κ1) is 23.3. The highest BCUT2D eigenvalue weighted by Gasteiger charge is 2.36. The fourth-order valence-corrected chi connectivity index (χ4v) is 4.21. The van der Waals surface area contributed by atoms with E-state index in [9.17, 15) is 28.0 Å². The van der Waals surface area contributed by atoms with Crippen LogP contribution in [0.25, 0.3) is 10.6 Å². The summed E-state index contributed by atoms with van der Waals surface area (Å²) in [5, 5.41) is 15.9. The summed E-state index contributed by atoms with van der Waals surface area (Å²) >= 11 is 1.95. The summed E-state index contributed by atoms with van der Waals surface area (Å²) in [6.45, 7) is 0. The van der Waals surface area contributed by atoms with Crippen LogP contribution < -0.4 is 10.6 Å². The quantitative estimate of drug-likeness (QED) is 0.499. The van der Waals surface area contributed by atoms with E-state index in [4.69, 9.17) is 0 Å². The van der Waals surface area contributed by atoms with Gasteiger partial charge < -0.3 is 10.6 Å². The van der Waals surface area contributed by atoms with Crippen LogP contribution in [0.4, 0.5) is 18.9 Å². The van der Waals surface area contributed by atoms with Gasteiger partial charge in [0.25, 0.3) is 5.91 Å². The molecule has 0 radical (unpaired) electrons. The Labute approximate surface area is 189 Å². The number of hydrogen-bond donors (Lipinski definition) is 2. The maximum atomic E-state index is 13.6. The summed E-state index contributed by atoms with van der Waals surface area (Å²) in [7, 11) is 1.48. The number of thiophene rings is 1. The summed E-state index contributed by atoms with van der Waals surface area (Å²) < 4.78 is 40.7. The van der Waals surface area contributed by atoms with Crippen molar-refractivity contribution < 1.29 is 22.8 Å². The predicted molar refractivity (Wildman–Crippen MR) is 116 cm³/mol. The average Bonchev–Trinajstić information content (AvgIpc) is 3.31. The normalized spacial score (nSPS) is 11.0. The number of carbonyl (C=O) groups excluding carboxylic acids is 2. The number of carbonyl (C=O) groups is 2. The Hall–Kier alpha value is -3.36. The second-order valence-electron chi connectivity index (χ2n) is 6.32. The Morgan fingerprint density at radius 3 is 2.62 bits per heavy atom. The van der Waals surface area contributed by atoms with Crippen molar-refractivity contribution in [3.05, 3.63) is 64.5 Å². The van der Waals surface area contributed by atoms with Crippen LogP contribution in [-0.2, 0) is 11.0 Å². The Bertz CT molecular complexity index is 1190. The molecule has 0 fully saturated rings. The number of amides is 2. The lowest BCUT2D eigenvalue weighted by molar-refractivity contribution is -0.138. The number of nitrogens with zero attached hydrogens (tertiary/aromatic N) is 2. The van der Waals surface area contributed by atoms with Gasteiger partial charge in [0, 0.05) is 18.3 Å². The fourth-order valence-electron chi connectivity index (χ4n) is 2.72. The molecular formula is C21H15F3N4O2S2. The Morgan fingerprint density at radius 1 is 1.22 bits per heavy atom. The van der Waals surface area contributed by atoms with Crippen LogP contribution in [0.3, 0.4) is 0 Å². The summed E-state index contributed by atoms with van der Waals surface area (Å²) in [6.07, 6.45) is -4.75. The minimum absolute atomic E-state index is 0.0764. The number of nitrogens with one attached hydrogen (secondary N) is 2. The molecule has 2 heterocycles. The second-order valence-corrected chi connectivity index (χ2v) is 8.23. The number of nitriles is 1. The van der Waals surface area contributed by atoms with Gasteiger partial charge in [0.15, 0.2) is 0 Å². The average molecular weight is 477 g/mol. The van der Waals surface area contributed by atoms with Gasteiger partial charge in [-0.1, -0.05) is 23.9 Å². The fraction of sp³-hybridized carbons (Fsp3) is 0.143. The van der Waals surface area contributed by atoms with Gasteiger partial charge in [0.05, 0.1) is 27.5 Å². The minimum atomic E-state index is -4.75. The molecule has 0 saturated carbocycles. The standard InChI is InChI=1S/C21H15F3N4O2S2/c1-26-19(30)12-4-2-5-13(8-12)27-18(29)11-32-20-14(10-25)15(21(22,23)24)9-16(28-20)17-6-3-7-31-17/h2-9H,11H2,1H3,(H,26,30)(H,27,29). The van der Waals surface area contributed by atoms with Crippen molar-refractivity contribution in [2.45, 2.75) is 11.2 Å². The van der Waals surface area contributed by atoms with Crippen molar-refractivity contribution in [2.75, 3.05) is 18.1 Å². The molecule has 0 bridgehead atoms. The monoisotopic (exact) mass is 476 g/mol. The van der Waals surface area contributed by atoms with E-state index >= 15 is 0 Å². The molecule has 32 heavy (non-hydrogen) atoms. The molecule has 0 saturated heterocycles. The van der Waals surface area contributed by atoms with Crippen molar-refractivity contribution >= 4 is 40.6 Å². The number of benzene rings is 1. The molecule has 0 aliphatic heterocycles. The van der Waals surface area contributed by atoms with Crippen LogP contribution in [0.5, 0.6) is 0 Å². The van der Waals surface area contributed by atoms with Crippen LogP contribution in [0.1, 0.15) is 21.5 Å². The van der Waals surface area contributed by atoms with Crippen LogP contribution in [0, 0.1) is 11.3 Å². The predicted octanol–water partition coefficient (Wildman–Crippen LogP) is 4.79. The summed E-state index contributed by atoms with van der Waals surface area (Å²) in [6, 6.07) is 11.9. The molecular weight excluding hydrogens is 461 g/mol. The maximum Gasteiger partial charge on any atom is 0.417 e. The van der Waals surface area contributed by atoms with E-state index in [0.717, 1.165) is 17.8 Å². The smallest absolute Gasteiger partial charge is 0.355 e. The Balaban J connectivity index is 1.84. The van der Waals surface area contributed by atoms with Gasteiger partial charge in [-0.3, -0.25) is 9.59 Å². The van der Waals surface area contributed by atoms with Crippen molar-refractivity contribution in [3.63, 3.8) is 0 Å². The number of halogens is 3. The van der Waals surface area contributed by atoms with E-state index in [-0.39, 0.29) is 22.4 Å². The van der Waals surface area contributed by atoms with Crippen molar-refractivity contribution in [1.82, 2.24) is 10.3 Å². The van der Waals surface area contributed by atoms with Gasteiger partial charge in [0.2, 0.25) is 5.91 Å². The molecule has 0 spiro atoms. The zero-order valence-corrected chi connectivity index (χ0v) is 18.1. The van der Waals surface area contributed by atoms with Gasteiger partial charge in [0.1, 0.15) is 11.1 Å². The molecule has 3 aromatic rings. The van der Waals surface area contributed by atoms with E-state index in [1.165, 1.54) is 24.5 Å². The molecule has 11 heteroatoms. The van der Waals surface area contributed by atoms with E-state index in [1.54, 1.807) is 41.8 Å². The number of rotatable bonds is 6. The lowest BCUT2D eigenvalue weighted by Crippen LogP contribution is -2.19. The molecule has 0 aliphatic carbocycles. The lowest BCUT2D eigenvalue weighted by atomic mass is 10.1. The van der Waals surface area contributed by atoms with Gasteiger partial charge in [-0.15, -0.1) is 11.3 Å². The van der Waals surface area contributed by atoms with Gasteiger partial charge in [-0.05, 0) is 35.7 Å². The molecule has 1 aromatic carbocycles. The molecule has 0 aliphatic rings.